The fourth-order valence-electron chi connectivity index (χ4n) is 4.55. The summed E-state index contributed by atoms with van der Waals surface area (Å²) in [6.45, 7) is 7.64. The third kappa shape index (κ3) is 3.17. The molecule has 5 rings (SSSR count). The molecule has 4 heterocycles. The Kier molecular flexibility index (Phi) is 4.67. The van der Waals surface area contributed by atoms with E-state index in [2.05, 4.69) is 53.4 Å². The van der Waals surface area contributed by atoms with Gasteiger partial charge in [-0.25, -0.2) is 0 Å². The quantitative estimate of drug-likeness (QED) is 0.540. The Hall–Kier alpha value is -2.24. The summed E-state index contributed by atoms with van der Waals surface area (Å²) in [5, 5.41) is 2.45. The molecule has 2 aliphatic rings. The van der Waals surface area contributed by atoms with E-state index in [4.69, 9.17) is 16.6 Å². The first-order chi connectivity index (χ1) is 14.0. The van der Waals surface area contributed by atoms with Gasteiger partial charge in [0.15, 0.2) is 5.17 Å². The summed E-state index contributed by atoms with van der Waals surface area (Å²) in [6.07, 6.45) is 1.86. The minimum absolute atomic E-state index is 0.0134. The predicted octanol–water partition coefficient (Wildman–Crippen LogP) is 5.73. The molecule has 1 saturated heterocycles. The van der Waals surface area contributed by atoms with E-state index in [9.17, 15) is 0 Å². The molecule has 1 fully saturated rings. The third-order valence-corrected chi connectivity index (χ3v) is 7.07. The van der Waals surface area contributed by atoms with E-state index < -0.39 is 0 Å². The molecule has 0 spiro atoms. The lowest BCUT2D eigenvalue weighted by Gasteiger charge is -2.27. The van der Waals surface area contributed by atoms with Crippen molar-refractivity contribution < 1.29 is 0 Å². The van der Waals surface area contributed by atoms with Crippen LogP contribution in [0, 0.1) is 13.8 Å². The van der Waals surface area contributed by atoms with Crippen LogP contribution >= 0.6 is 23.4 Å². The highest BCUT2D eigenvalue weighted by Crippen LogP contribution is 2.48. The number of hydrogen-bond acceptors (Lipinski definition) is 4. The molecule has 3 atom stereocenters. The highest BCUT2D eigenvalue weighted by Gasteiger charge is 2.44. The molecule has 2 aliphatic heterocycles. The number of hydrogen-bond donors (Lipinski definition) is 0. The second-order valence-corrected chi connectivity index (χ2v) is 9.62. The van der Waals surface area contributed by atoms with Gasteiger partial charge < -0.3 is 9.47 Å². The van der Waals surface area contributed by atoms with Crippen molar-refractivity contribution in [1.29, 1.82) is 0 Å². The molecule has 0 radical (unpaired) electrons. The smallest absolute Gasteiger partial charge is 0.160 e. The van der Waals surface area contributed by atoms with E-state index in [1.807, 2.05) is 48.3 Å². The molecular formula is C23H23ClN4S. The van der Waals surface area contributed by atoms with E-state index in [0.29, 0.717) is 5.25 Å². The summed E-state index contributed by atoms with van der Waals surface area (Å²) in [6, 6.07) is 16.6. The predicted molar refractivity (Wildman–Crippen MR) is 121 cm³/mol. The summed E-state index contributed by atoms with van der Waals surface area (Å²) in [7, 11) is 0. The van der Waals surface area contributed by atoms with Gasteiger partial charge in [-0.2, -0.15) is 0 Å². The minimum atomic E-state index is 0.0134. The molecule has 0 aliphatic carbocycles. The van der Waals surface area contributed by atoms with Gasteiger partial charge in [0.25, 0.3) is 0 Å². The van der Waals surface area contributed by atoms with Crippen molar-refractivity contribution in [3.63, 3.8) is 0 Å². The summed E-state index contributed by atoms with van der Waals surface area (Å²) >= 11 is 8.15. The van der Waals surface area contributed by atoms with E-state index in [1.165, 1.54) is 17.0 Å². The van der Waals surface area contributed by atoms with E-state index in [-0.39, 0.29) is 12.1 Å². The fourth-order valence-corrected chi connectivity index (χ4v) is 5.83. The monoisotopic (exact) mass is 422 g/mol. The highest BCUT2D eigenvalue weighted by atomic mass is 35.5. The molecule has 0 N–H and O–H groups in total. The summed E-state index contributed by atoms with van der Waals surface area (Å²) in [5.74, 6) is 0. The van der Waals surface area contributed by atoms with Gasteiger partial charge in [0.2, 0.25) is 0 Å². The Labute approximate surface area is 180 Å². The van der Waals surface area contributed by atoms with Crippen molar-refractivity contribution in [2.45, 2.75) is 38.1 Å². The Morgan fingerprint density at radius 1 is 1.10 bits per heavy atom. The molecule has 2 aromatic heterocycles. The van der Waals surface area contributed by atoms with Gasteiger partial charge in [0.05, 0.1) is 11.7 Å². The largest absolute Gasteiger partial charge is 0.341 e. The normalized spacial score (nSPS) is 23.4. The molecule has 0 saturated carbocycles. The molecular weight excluding hydrogens is 400 g/mol. The van der Waals surface area contributed by atoms with Gasteiger partial charge in [-0.1, -0.05) is 42.4 Å². The standard InChI is InChI=1S/C23H23ClN4S/c1-14-11-19(16(3)28(14)18-8-6-7-17(24)12-18)22-21(20-9-4-5-10-25-20)26-23-27(22)13-15(2)29-23/h4-12,15,21-22H,13H2,1-3H3/t15-,21-,22+/m0/s1. The zero-order chi connectivity index (χ0) is 20.1. The third-order valence-electron chi connectivity index (χ3n) is 5.74. The van der Waals surface area contributed by atoms with Gasteiger partial charge in [-0.15, -0.1) is 0 Å². The summed E-state index contributed by atoms with van der Waals surface area (Å²) < 4.78 is 2.29. The van der Waals surface area contributed by atoms with Gasteiger partial charge >= 0.3 is 0 Å². The first kappa shape index (κ1) is 18.8. The van der Waals surface area contributed by atoms with Gasteiger partial charge in [-0.3, -0.25) is 9.98 Å². The van der Waals surface area contributed by atoms with Crippen LogP contribution < -0.4 is 0 Å². The van der Waals surface area contributed by atoms with Crippen LogP contribution in [0.1, 0.15) is 41.7 Å². The number of thioether (sulfide) groups is 1. The number of nitrogens with zero attached hydrogens (tertiary/aromatic N) is 4. The zero-order valence-corrected chi connectivity index (χ0v) is 18.3. The van der Waals surface area contributed by atoms with E-state index in [1.54, 1.807) is 0 Å². The molecule has 3 aromatic rings. The van der Waals surface area contributed by atoms with Gasteiger partial charge in [0.1, 0.15) is 6.04 Å². The van der Waals surface area contributed by atoms with Crippen molar-refractivity contribution in [3.05, 3.63) is 82.4 Å². The molecule has 1 aromatic carbocycles. The fraction of sp³-hybridized carbons (Fsp3) is 0.304. The molecule has 0 bridgehead atoms. The maximum Gasteiger partial charge on any atom is 0.160 e. The lowest BCUT2D eigenvalue weighted by atomic mass is 9.96. The van der Waals surface area contributed by atoms with Crippen LogP contribution in [-0.4, -0.2) is 31.4 Å². The van der Waals surface area contributed by atoms with Crippen LogP contribution in [0.15, 0.2) is 59.7 Å². The van der Waals surface area contributed by atoms with Crippen molar-refractivity contribution in [2.75, 3.05) is 6.54 Å². The number of fused-ring (bicyclic) bond motifs is 1. The Morgan fingerprint density at radius 3 is 2.72 bits per heavy atom. The number of halogens is 1. The average molecular weight is 423 g/mol. The minimum Gasteiger partial charge on any atom is -0.341 e. The number of benzene rings is 1. The van der Waals surface area contributed by atoms with Crippen LogP contribution in [0.5, 0.6) is 0 Å². The number of pyridine rings is 1. The SMILES string of the molecule is Cc1cc([C@@H]2[C@H](c3ccccn3)N=C3S[C@@H](C)CN32)c(C)n1-c1cccc(Cl)c1. The average Bonchev–Trinajstić information content (AvgIpc) is 3.32. The lowest BCUT2D eigenvalue weighted by molar-refractivity contribution is 0.320. The van der Waals surface area contributed by atoms with E-state index in [0.717, 1.165) is 28.1 Å². The molecule has 0 unspecified atom stereocenters. The van der Waals surface area contributed by atoms with E-state index >= 15 is 0 Å². The van der Waals surface area contributed by atoms with Crippen LogP contribution in [0.25, 0.3) is 5.69 Å². The van der Waals surface area contributed by atoms with Crippen LogP contribution in [0.2, 0.25) is 5.02 Å². The number of rotatable bonds is 3. The summed E-state index contributed by atoms with van der Waals surface area (Å²) in [4.78, 5) is 12.2. The highest BCUT2D eigenvalue weighted by molar-refractivity contribution is 8.14. The molecule has 148 valence electrons. The molecule has 29 heavy (non-hydrogen) atoms. The zero-order valence-electron chi connectivity index (χ0n) is 16.7. The molecule has 4 nitrogen and oxygen atoms in total. The summed E-state index contributed by atoms with van der Waals surface area (Å²) in [5.41, 5.74) is 5.87. The van der Waals surface area contributed by atoms with Crippen LogP contribution in [0.3, 0.4) is 0 Å². The van der Waals surface area contributed by atoms with Gasteiger partial charge in [0, 0.05) is 40.1 Å². The number of aliphatic imine (C=N–C) groups is 1. The number of amidine groups is 1. The molecule has 6 heteroatoms. The van der Waals surface area contributed by atoms with Crippen molar-refractivity contribution in [3.8, 4) is 5.69 Å². The maximum atomic E-state index is 6.27. The number of aromatic nitrogens is 2. The van der Waals surface area contributed by atoms with Crippen molar-refractivity contribution in [2.24, 2.45) is 4.99 Å². The first-order valence-electron chi connectivity index (χ1n) is 9.89. The second kappa shape index (κ2) is 7.22. The first-order valence-corrected chi connectivity index (χ1v) is 11.2. The van der Waals surface area contributed by atoms with Crippen LogP contribution in [-0.2, 0) is 0 Å². The Balaban J connectivity index is 1.63. The topological polar surface area (TPSA) is 33.4 Å². The number of aryl methyl sites for hydroxylation is 1. The van der Waals surface area contributed by atoms with Crippen molar-refractivity contribution in [1.82, 2.24) is 14.5 Å². The maximum absolute atomic E-state index is 6.27. The molecule has 0 amide bonds. The van der Waals surface area contributed by atoms with Crippen LogP contribution in [0.4, 0.5) is 0 Å². The lowest BCUT2D eigenvalue weighted by Crippen LogP contribution is -2.28. The van der Waals surface area contributed by atoms with Gasteiger partial charge in [-0.05, 0) is 55.8 Å². The Bertz CT molecular complexity index is 1090. The second-order valence-electron chi connectivity index (χ2n) is 7.78. The van der Waals surface area contributed by atoms with Crippen molar-refractivity contribution >= 4 is 28.5 Å². The Morgan fingerprint density at radius 2 is 1.97 bits per heavy atom.